The van der Waals surface area contributed by atoms with Crippen molar-refractivity contribution in [2.24, 2.45) is 17.8 Å². The quantitative estimate of drug-likeness (QED) is 0.408. The van der Waals surface area contributed by atoms with Crippen LogP contribution >= 0.6 is 0 Å². The van der Waals surface area contributed by atoms with Gasteiger partial charge < -0.3 is 26.6 Å². The van der Waals surface area contributed by atoms with Crippen LogP contribution < -0.4 is 26.6 Å². The van der Waals surface area contributed by atoms with Crippen LogP contribution in [0.1, 0.15) is 37.7 Å². The first-order valence-corrected chi connectivity index (χ1v) is 12.5. The maximum Gasteiger partial charge on any atom is 0.243 e. The van der Waals surface area contributed by atoms with Gasteiger partial charge in [0, 0.05) is 24.9 Å². The summed E-state index contributed by atoms with van der Waals surface area (Å²) >= 11 is 0. The number of hydrogen-bond acceptors (Lipinski definition) is 6. The van der Waals surface area contributed by atoms with Crippen molar-refractivity contribution in [1.82, 2.24) is 21.3 Å². The van der Waals surface area contributed by atoms with Gasteiger partial charge in [-0.1, -0.05) is 25.0 Å². The predicted octanol–water partition coefficient (Wildman–Crippen LogP) is 1.04. The van der Waals surface area contributed by atoms with Crippen LogP contribution in [-0.2, 0) is 16.0 Å². The van der Waals surface area contributed by atoms with Crippen molar-refractivity contribution in [3.05, 3.63) is 29.6 Å². The molecule has 6 atom stereocenters. The van der Waals surface area contributed by atoms with Crippen LogP contribution in [-0.4, -0.2) is 55.6 Å². The lowest BCUT2D eigenvalue weighted by molar-refractivity contribution is -0.130. The summed E-state index contributed by atoms with van der Waals surface area (Å²) in [6.07, 6.45) is 5.25. The van der Waals surface area contributed by atoms with E-state index in [0.29, 0.717) is 36.9 Å². The molecule has 2 saturated heterocycles. The number of carbonyl (C=O) groups excluding carboxylic acids is 2. The van der Waals surface area contributed by atoms with Crippen molar-refractivity contribution in [2.75, 3.05) is 25.0 Å². The van der Waals surface area contributed by atoms with Crippen molar-refractivity contribution in [3.63, 3.8) is 0 Å². The zero-order valence-corrected chi connectivity index (χ0v) is 19.3. The van der Waals surface area contributed by atoms with Crippen molar-refractivity contribution in [3.8, 4) is 6.07 Å². The van der Waals surface area contributed by atoms with Crippen LogP contribution in [0, 0.1) is 34.9 Å². The van der Waals surface area contributed by atoms with Gasteiger partial charge >= 0.3 is 0 Å². The van der Waals surface area contributed by atoms with Crippen molar-refractivity contribution < 1.29 is 14.0 Å². The Balaban J connectivity index is 1.24. The van der Waals surface area contributed by atoms with Gasteiger partial charge in [0.1, 0.15) is 23.9 Å². The summed E-state index contributed by atoms with van der Waals surface area (Å²) in [6.45, 7) is 2.53. The Kier molecular flexibility index (Phi) is 6.70. The smallest absolute Gasteiger partial charge is 0.243 e. The predicted molar refractivity (Wildman–Crippen MR) is 125 cm³/mol. The summed E-state index contributed by atoms with van der Waals surface area (Å²) in [6, 6.07) is 5.33. The van der Waals surface area contributed by atoms with Gasteiger partial charge in [0.25, 0.3) is 0 Å². The molecule has 0 spiro atoms. The minimum atomic E-state index is -0.710. The molecule has 3 fully saturated rings. The number of nitrogens with zero attached hydrogens (tertiary/aromatic N) is 1. The molecule has 3 heterocycles. The number of fused-ring (bicyclic) bond motifs is 2. The molecular formula is C25H33FN6O2. The minimum absolute atomic E-state index is 0.0285. The molecular weight excluding hydrogens is 435 g/mol. The molecule has 0 radical (unpaired) electrons. The molecule has 182 valence electrons. The fourth-order valence-electron chi connectivity index (χ4n) is 5.78. The van der Waals surface area contributed by atoms with Crippen LogP contribution in [0.2, 0.25) is 0 Å². The van der Waals surface area contributed by atoms with E-state index in [1.807, 2.05) is 0 Å². The molecule has 1 aromatic carbocycles. The number of hydrogen-bond donors (Lipinski definition) is 5. The molecule has 9 heteroatoms. The maximum atomic E-state index is 14.1. The van der Waals surface area contributed by atoms with Gasteiger partial charge in [0.15, 0.2) is 0 Å². The number of anilines is 1. The molecule has 34 heavy (non-hydrogen) atoms. The Bertz CT molecular complexity index is 975. The van der Waals surface area contributed by atoms with E-state index in [9.17, 15) is 19.2 Å². The van der Waals surface area contributed by atoms with Crippen molar-refractivity contribution in [2.45, 2.75) is 62.7 Å². The molecule has 1 aromatic rings. The topological polar surface area (TPSA) is 118 Å². The van der Waals surface area contributed by atoms with E-state index in [1.54, 1.807) is 12.1 Å². The number of rotatable bonds is 7. The molecule has 5 rings (SSSR count). The third kappa shape index (κ3) is 4.89. The molecule has 0 bridgehead atoms. The first-order chi connectivity index (χ1) is 16.5. The fraction of sp³-hybridized carbons (Fsp3) is 0.640. The number of para-hydroxylation sites is 1. The van der Waals surface area contributed by atoms with E-state index in [0.717, 1.165) is 44.3 Å². The number of nitrogens with one attached hydrogen (secondary N) is 5. The highest BCUT2D eigenvalue weighted by Crippen LogP contribution is 2.34. The van der Waals surface area contributed by atoms with Gasteiger partial charge in [-0.15, -0.1) is 0 Å². The fourth-order valence-corrected chi connectivity index (χ4v) is 5.78. The van der Waals surface area contributed by atoms with Crippen molar-refractivity contribution >= 4 is 17.5 Å². The van der Waals surface area contributed by atoms with Gasteiger partial charge in [-0.3, -0.25) is 9.59 Å². The normalized spacial score (nSPS) is 29.5. The van der Waals surface area contributed by atoms with Gasteiger partial charge in [-0.05, 0) is 55.8 Å². The van der Waals surface area contributed by atoms with Crippen molar-refractivity contribution in [1.29, 1.82) is 5.26 Å². The second-order valence-electron chi connectivity index (χ2n) is 10.2. The number of piperidine rings is 2. The maximum absolute atomic E-state index is 14.1. The molecule has 8 nitrogen and oxygen atoms in total. The summed E-state index contributed by atoms with van der Waals surface area (Å²) in [5, 5.41) is 25.7. The van der Waals surface area contributed by atoms with E-state index in [2.05, 4.69) is 32.7 Å². The Hall–Kier alpha value is -2.70. The standard InChI is InChI=1S/C25H33FN6O2/c26-18-5-1-3-15-10-20(30-23(15)18)25(34)31-19(9-14-6-7-14)24(33)32-21(11-27)17-13-28-12-16-4-2-8-29-22(16)17/h1,3,5,14,16-17,19-22,28-30H,2,4,6-10,12-13H2,(H,31,34)(H,32,33). The van der Waals surface area contributed by atoms with Gasteiger partial charge in [0.05, 0.1) is 11.8 Å². The lowest BCUT2D eigenvalue weighted by atomic mass is 9.76. The largest absolute Gasteiger partial charge is 0.371 e. The Labute approximate surface area is 199 Å². The SMILES string of the molecule is N#CC(NC(=O)C(CC1CC1)NC(=O)C1Cc2cccc(F)c2N1)C1CNCC2CCCNC21. The molecule has 6 unspecified atom stereocenters. The highest BCUT2D eigenvalue weighted by molar-refractivity contribution is 5.92. The Morgan fingerprint density at radius 1 is 1.21 bits per heavy atom. The summed E-state index contributed by atoms with van der Waals surface area (Å²) in [5.74, 6) is -0.183. The molecule has 4 aliphatic rings. The van der Waals surface area contributed by atoms with Crippen LogP contribution in [0.25, 0.3) is 0 Å². The third-order valence-corrected chi connectivity index (χ3v) is 7.81. The molecule has 3 aliphatic heterocycles. The number of halogens is 1. The third-order valence-electron chi connectivity index (χ3n) is 7.81. The van der Waals surface area contributed by atoms with Gasteiger partial charge in [-0.25, -0.2) is 4.39 Å². The van der Waals surface area contributed by atoms with Gasteiger partial charge in [-0.2, -0.15) is 5.26 Å². The molecule has 5 N–H and O–H groups in total. The zero-order chi connectivity index (χ0) is 23.7. The first-order valence-electron chi connectivity index (χ1n) is 12.5. The molecule has 2 amide bonds. The van der Waals surface area contributed by atoms with E-state index >= 15 is 0 Å². The van der Waals surface area contributed by atoms with E-state index in [1.165, 1.54) is 6.07 Å². The second kappa shape index (κ2) is 9.88. The molecule has 1 saturated carbocycles. The van der Waals surface area contributed by atoms with E-state index < -0.39 is 18.1 Å². The summed E-state index contributed by atoms with van der Waals surface area (Å²) in [7, 11) is 0. The molecule has 0 aromatic heterocycles. The second-order valence-corrected chi connectivity index (χ2v) is 10.2. The number of amides is 2. The average Bonchev–Trinajstić information content (AvgIpc) is 3.56. The monoisotopic (exact) mass is 468 g/mol. The highest BCUT2D eigenvalue weighted by atomic mass is 19.1. The lowest BCUT2D eigenvalue weighted by Gasteiger charge is -2.44. The molecule has 1 aliphatic carbocycles. The zero-order valence-electron chi connectivity index (χ0n) is 19.3. The summed E-state index contributed by atoms with van der Waals surface area (Å²) in [4.78, 5) is 26.3. The first kappa shape index (κ1) is 23.1. The van der Waals surface area contributed by atoms with Gasteiger partial charge in [0.2, 0.25) is 11.8 Å². The summed E-state index contributed by atoms with van der Waals surface area (Å²) < 4.78 is 14.1. The van der Waals surface area contributed by atoms with Crippen LogP contribution in [0.15, 0.2) is 18.2 Å². The van der Waals surface area contributed by atoms with Crippen LogP contribution in [0.5, 0.6) is 0 Å². The highest BCUT2D eigenvalue weighted by Gasteiger charge is 2.41. The average molecular weight is 469 g/mol. The summed E-state index contributed by atoms with van der Waals surface area (Å²) in [5.41, 5.74) is 1.11. The van der Waals surface area contributed by atoms with E-state index in [-0.39, 0.29) is 29.6 Å². The Morgan fingerprint density at radius 2 is 2.06 bits per heavy atom. The van der Waals surface area contributed by atoms with Crippen LogP contribution in [0.3, 0.4) is 0 Å². The lowest BCUT2D eigenvalue weighted by Crippen LogP contribution is -2.63. The number of carbonyl (C=O) groups is 2. The van der Waals surface area contributed by atoms with Crippen LogP contribution in [0.4, 0.5) is 10.1 Å². The Morgan fingerprint density at radius 3 is 2.82 bits per heavy atom. The number of nitriles is 1. The minimum Gasteiger partial charge on any atom is -0.371 e. The number of benzene rings is 1. The van der Waals surface area contributed by atoms with E-state index in [4.69, 9.17) is 0 Å².